The molecule has 0 unspecified atom stereocenters. The number of nitrogens with two attached hydrogens (primary N) is 1. The smallest absolute Gasteiger partial charge is 0.261 e. The molecule has 2 N–H and O–H groups in total. The number of hydrogen-bond acceptors (Lipinski definition) is 9. The van der Waals surface area contributed by atoms with Gasteiger partial charge < -0.3 is 19.9 Å². The fourth-order valence-electron chi connectivity index (χ4n) is 2.24. The summed E-state index contributed by atoms with van der Waals surface area (Å²) in [6, 6.07) is 0. The van der Waals surface area contributed by atoms with E-state index >= 15 is 0 Å². The highest BCUT2D eigenvalue weighted by Crippen LogP contribution is 2.42. The number of fused-ring (bicyclic) bond motifs is 1. The lowest BCUT2D eigenvalue weighted by Gasteiger charge is -2.15. The van der Waals surface area contributed by atoms with Crippen LogP contribution in [0.15, 0.2) is 9.08 Å². The van der Waals surface area contributed by atoms with Gasteiger partial charge in [-0.15, -0.1) is 5.10 Å². The molecular weight excluding hydrogens is 462 g/mol. The second kappa shape index (κ2) is 6.96. The predicted octanol–water partition coefficient (Wildman–Crippen LogP) is 1.80. The monoisotopic (exact) mass is 473 g/mol. The van der Waals surface area contributed by atoms with E-state index in [0.717, 1.165) is 0 Å². The molecule has 0 fully saturated rings. The largest absolute Gasteiger partial charge is 0.492 e. The summed E-state index contributed by atoms with van der Waals surface area (Å²) in [7, 11) is 4.54. The first kappa shape index (κ1) is 17.6. The zero-order chi connectivity index (χ0) is 18.1. The van der Waals surface area contributed by atoms with E-state index in [9.17, 15) is 0 Å². The van der Waals surface area contributed by atoms with Crippen LogP contribution in [-0.4, -0.2) is 51.3 Å². The summed E-state index contributed by atoms with van der Waals surface area (Å²) < 4.78 is 18.6. The quantitative estimate of drug-likeness (QED) is 0.551. The number of nitrogens with zero attached hydrogens (tertiary/aromatic N) is 6. The first-order chi connectivity index (χ1) is 12.0. The molecule has 0 aliphatic carbocycles. The summed E-state index contributed by atoms with van der Waals surface area (Å²) in [4.78, 5) is 12.6. The van der Waals surface area contributed by atoms with Crippen molar-refractivity contribution < 1.29 is 14.2 Å². The number of methoxy groups -OCH3 is 3. The fourth-order valence-corrected chi connectivity index (χ4v) is 3.24. The van der Waals surface area contributed by atoms with Crippen LogP contribution in [-0.2, 0) is 6.54 Å². The molecule has 0 atom stereocenters. The summed E-state index contributed by atoms with van der Waals surface area (Å²) in [5, 5.41) is 8.15. The van der Waals surface area contributed by atoms with Crippen LogP contribution in [0.25, 0.3) is 11.2 Å². The standard InChI is InChI=1S/C13H13Br2N7O3/c1-23-8-6(14)5(17-12(25-3)9(8)24-2)4-22-11-7(20-21-22)10(15)18-13(16)19-11/h4H2,1-3H3,(H2,16,18,19). The van der Waals surface area contributed by atoms with Crippen molar-refractivity contribution in [2.24, 2.45) is 0 Å². The lowest BCUT2D eigenvalue weighted by atomic mass is 10.3. The van der Waals surface area contributed by atoms with Crippen molar-refractivity contribution in [1.29, 1.82) is 0 Å². The Hall–Kier alpha value is -2.21. The Morgan fingerprint density at radius 1 is 1.00 bits per heavy atom. The van der Waals surface area contributed by atoms with Crippen molar-refractivity contribution in [3.05, 3.63) is 14.8 Å². The number of ether oxygens (including phenoxy) is 3. The van der Waals surface area contributed by atoms with E-state index in [1.165, 1.54) is 21.3 Å². The Morgan fingerprint density at radius 2 is 1.72 bits per heavy atom. The van der Waals surface area contributed by atoms with Gasteiger partial charge in [0.1, 0.15) is 4.60 Å². The molecule has 0 saturated heterocycles. The molecule has 12 heteroatoms. The number of aromatic nitrogens is 6. The molecule has 25 heavy (non-hydrogen) atoms. The van der Waals surface area contributed by atoms with Gasteiger partial charge in [-0.25, -0.2) is 14.6 Å². The Kier molecular flexibility index (Phi) is 4.90. The van der Waals surface area contributed by atoms with Crippen LogP contribution in [0.1, 0.15) is 5.69 Å². The molecule has 0 saturated carbocycles. The summed E-state index contributed by atoms with van der Waals surface area (Å²) in [6.07, 6.45) is 0. The SMILES string of the molecule is COc1nc(Cn2nnc3c(Br)nc(N)nc32)c(Br)c(OC)c1OC. The number of nitrogen functional groups attached to an aromatic ring is 1. The maximum Gasteiger partial charge on any atom is 0.261 e. The average molecular weight is 475 g/mol. The molecular formula is C13H13Br2N7O3. The lowest BCUT2D eigenvalue weighted by Crippen LogP contribution is -2.09. The molecule has 0 spiro atoms. The average Bonchev–Trinajstić information content (AvgIpc) is 2.99. The summed E-state index contributed by atoms with van der Waals surface area (Å²) >= 11 is 6.78. The Balaban J connectivity index is 2.12. The van der Waals surface area contributed by atoms with E-state index < -0.39 is 0 Å². The van der Waals surface area contributed by atoms with E-state index in [0.29, 0.717) is 37.4 Å². The Morgan fingerprint density at radius 3 is 2.36 bits per heavy atom. The zero-order valence-corrected chi connectivity index (χ0v) is 16.6. The third-order valence-electron chi connectivity index (χ3n) is 3.33. The fraction of sp³-hybridized carbons (Fsp3) is 0.308. The van der Waals surface area contributed by atoms with E-state index in [-0.39, 0.29) is 18.4 Å². The maximum absolute atomic E-state index is 5.70. The Bertz CT molecular complexity index is 947. The molecule has 10 nitrogen and oxygen atoms in total. The number of rotatable bonds is 5. The molecule has 3 rings (SSSR count). The van der Waals surface area contributed by atoms with E-state index in [4.69, 9.17) is 19.9 Å². The molecule has 0 aliphatic rings. The van der Waals surface area contributed by atoms with Crippen LogP contribution >= 0.6 is 31.9 Å². The molecule has 3 aromatic rings. The third-order valence-corrected chi connectivity index (χ3v) is 4.70. The number of pyridine rings is 1. The molecule has 132 valence electrons. The van der Waals surface area contributed by atoms with Crippen molar-refractivity contribution >= 4 is 49.0 Å². The molecule has 0 aromatic carbocycles. The van der Waals surface area contributed by atoms with Crippen LogP contribution in [0.3, 0.4) is 0 Å². The first-order valence-electron chi connectivity index (χ1n) is 6.86. The normalized spacial score (nSPS) is 10.9. The van der Waals surface area contributed by atoms with Gasteiger partial charge in [-0.1, -0.05) is 5.21 Å². The number of halogens is 2. The Labute approximate surface area is 158 Å². The molecule has 3 heterocycles. The van der Waals surface area contributed by atoms with Gasteiger partial charge in [-0.2, -0.15) is 4.98 Å². The van der Waals surface area contributed by atoms with Crippen LogP contribution in [0.2, 0.25) is 0 Å². The van der Waals surface area contributed by atoms with Crippen LogP contribution in [0.5, 0.6) is 17.4 Å². The minimum Gasteiger partial charge on any atom is -0.492 e. The summed E-state index contributed by atoms with van der Waals surface area (Å²) in [5.74, 6) is 1.25. The zero-order valence-electron chi connectivity index (χ0n) is 13.4. The minimum absolute atomic E-state index is 0.111. The highest BCUT2D eigenvalue weighted by Gasteiger charge is 2.22. The highest BCUT2D eigenvalue weighted by molar-refractivity contribution is 9.11. The van der Waals surface area contributed by atoms with E-state index in [1.54, 1.807) is 4.68 Å². The third kappa shape index (κ3) is 3.06. The van der Waals surface area contributed by atoms with Crippen molar-refractivity contribution in [1.82, 2.24) is 29.9 Å². The molecule has 0 bridgehead atoms. The minimum atomic E-state index is 0.111. The van der Waals surface area contributed by atoms with Crippen molar-refractivity contribution in [3.63, 3.8) is 0 Å². The second-order valence-electron chi connectivity index (χ2n) is 4.74. The van der Waals surface area contributed by atoms with Gasteiger partial charge in [0, 0.05) is 0 Å². The van der Waals surface area contributed by atoms with Gasteiger partial charge in [0.15, 0.2) is 16.9 Å². The molecule has 3 aromatic heterocycles. The highest BCUT2D eigenvalue weighted by atomic mass is 79.9. The summed E-state index contributed by atoms with van der Waals surface area (Å²) in [5.41, 5.74) is 7.27. The van der Waals surface area contributed by atoms with Crippen LogP contribution < -0.4 is 19.9 Å². The van der Waals surface area contributed by atoms with Crippen LogP contribution in [0.4, 0.5) is 5.95 Å². The second-order valence-corrected chi connectivity index (χ2v) is 6.28. The number of hydrogen-bond donors (Lipinski definition) is 1. The van der Waals surface area contributed by atoms with Gasteiger partial charge in [0.2, 0.25) is 11.7 Å². The topological polar surface area (TPSA) is 123 Å². The predicted molar refractivity (Wildman–Crippen MR) is 95.9 cm³/mol. The van der Waals surface area contributed by atoms with Crippen molar-refractivity contribution in [2.45, 2.75) is 6.54 Å². The van der Waals surface area contributed by atoms with Gasteiger partial charge in [0.05, 0.1) is 38.0 Å². The van der Waals surface area contributed by atoms with Gasteiger partial charge in [-0.3, -0.25) is 0 Å². The van der Waals surface area contributed by atoms with Crippen molar-refractivity contribution in [3.8, 4) is 17.4 Å². The van der Waals surface area contributed by atoms with Gasteiger partial charge in [0.25, 0.3) is 5.88 Å². The van der Waals surface area contributed by atoms with Gasteiger partial charge in [-0.05, 0) is 31.9 Å². The first-order valence-corrected chi connectivity index (χ1v) is 8.45. The van der Waals surface area contributed by atoms with E-state index in [1.807, 2.05) is 0 Å². The van der Waals surface area contributed by atoms with Crippen molar-refractivity contribution in [2.75, 3.05) is 27.1 Å². The molecule has 0 radical (unpaired) electrons. The summed E-state index contributed by atoms with van der Waals surface area (Å²) in [6.45, 7) is 0.247. The lowest BCUT2D eigenvalue weighted by molar-refractivity contribution is 0.312. The number of anilines is 1. The molecule has 0 amide bonds. The maximum atomic E-state index is 5.70. The van der Waals surface area contributed by atoms with Crippen LogP contribution in [0, 0.1) is 0 Å². The van der Waals surface area contributed by atoms with E-state index in [2.05, 4.69) is 57.1 Å². The van der Waals surface area contributed by atoms with Gasteiger partial charge >= 0.3 is 0 Å². The molecule has 0 aliphatic heterocycles.